The highest BCUT2D eigenvalue weighted by Crippen LogP contribution is 2.23. The Hall–Kier alpha value is -2.06. The molecule has 0 fully saturated rings. The van der Waals surface area contributed by atoms with E-state index < -0.39 is 27.9 Å². The van der Waals surface area contributed by atoms with Crippen molar-refractivity contribution in [3.8, 4) is 0 Å². The molecule has 0 radical (unpaired) electrons. The first-order valence-corrected chi connectivity index (χ1v) is 7.87. The molecule has 1 aliphatic rings. The molecule has 1 heterocycles. The van der Waals surface area contributed by atoms with E-state index >= 15 is 0 Å². The van der Waals surface area contributed by atoms with Crippen LogP contribution < -0.4 is 10.6 Å². The molecule has 0 bridgehead atoms. The van der Waals surface area contributed by atoms with E-state index in [-0.39, 0.29) is 22.0 Å². The zero-order valence-electron chi connectivity index (χ0n) is 10.5. The Morgan fingerprint density at radius 1 is 1.33 bits per heavy atom. The SMILES string of the molecule is O=C(Nc1ccc(C(=O)O)cc1Cl)NC1C=CS(=O)(=O)C1. The largest absolute Gasteiger partial charge is 0.478 e. The predicted octanol–water partition coefficient (Wildman–Crippen LogP) is 1.47. The van der Waals surface area contributed by atoms with Gasteiger partial charge in [0.2, 0.25) is 0 Å². The van der Waals surface area contributed by atoms with Gasteiger partial charge in [0, 0.05) is 5.41 Å². The Morgan fingerprint density at radius 2 is 2.05 bits per heavy atom. The van der Waals surface area contributed by atoms with Crippen molar-refractivity contribution in [1.29, 1.82) is 0 Å². The first-order chi connectivity index (χ1) is 9.77. The molecule has 0 saturated carbocycles. The van der Waals surface area contributed by atoms with Gasteiger partial charge in [-0.25, -0.2) is 18.0 Å². The van der Waals surface area contributed by atoms with Crippen LogP contribution in [0.25, 0.3) is 0 Å². The average molecular weight is 331 g/mol. The minimum absolute atomic E-state index is 0.00391. The number of nitrogens with one attached hydrogen (secondary N) is 2. The Labute approximate surface area is 125 Å². The standard InChI is InChI=1S/C12H11ClN2O5S/c13-9-5-7(11(16)17)1-2-10(9)15-12(18)14-8-3-4-21(19,20)6-8/h1-5,8H,6H2,(H,16,17)(H2,14,15,18). The van der Waals surface area contributed by atoms with Crippen LogP contribution in [0.4, 0.5) is 10.5 Å². The monoisotopic (exact) mass is 330 g/mol. The second-order valence-electron chi connectivity index (χ2n) is 4.36. The molecule has 0 spiro atoms. The topological polar surface area (TPSA) is 113 Å². The quantitative estimate of drug-likeness (QED) is 0.776. The van der Waals surface area contributed by atoms with Crippen molar-refractivity contribution in [2.24, 2.45) is 0 Å². The smallest absolute Gasteiger partial charge is 0.335 e. The fourth-order valence-corrected chi connectivity index (χ4v) is 3.20. The van der Waals surface area contributed by atoms with Crippen molar-refractivity contribution < 1.29 is 23.1 Å². The van der Waals surface area contributed by atoms with E-state index in [9.17, 15) is 18.0 Å². The van der Waals surface area contributed by atoms with E-state index in [0.717, 1.165) is 5.41 Å². The number of carboxylic acid groups (broad SMARTS) is 1. The Balaban J connectivity index is 2.00. The lowest BCUT2D eigenvalue weighted by Gasteiger charge is -2.12. The van der Waals surface area contributed by atoms with E-state index in [1.807, 2.05) is 0 Å². The molecule has 9 heteroatoms. The summed E-state index contributed by atoms with van der Waals surface area (Å²) in [4.78, 5) is 22.5. The van der Waals surface area contributed by atoms with Crippen LogP contribution in [0.2, 0.25) is 5.02 Å². The lowest BCUT2D eigenvalue weighted by Crippen LogP contribution is -2.38. The molecule has 0 saturated heterocycles. The third-order valence-corrected chi connectivity index (χ3v) is 4.42. The van der Waals surface area contributed by atoms with Gasteiger partial charge in [-0.15, -0.1) is 0 Å². The molecule has 1 aromatic rings. The van der Waals surface area contributed by atoms with Crippen LogP contribution in [0.5, 0.6) is 0 Å². The summed E-state index contributed by atoms with van der Waals surface area (Å²) in [6.45, 7) is 0. The number of carboxylic acids is 1. The number of halogens is 1. The molecule has 3 N–H and O–H groups in total. The zero-order valence-corrected chi connectivity index (χ0v) is 12.1. The molecule has 1 aromatic carbocycles. The molecule has 7 nitrogen and oxygen atoms in total. The highest BCUT2D eigenvalue weighted by atomic mass is 35.5. The fourth-order valence-electron chi connectivity index (χ4n) is 1.74. The van der Waals surface area contributed by atoms with Gasteiger partial charge in [-0.3, -0.25) is 0 Å². The van der Waals surface area contributed by atoms with Crippen LogP contribution in [0.1, 0.15) is 10.4 Å². The maximum Gasteiger partial charge on any atom is 0.335 e. The summed E-state index contributed by atoms with van der Waals surface area (Å²) in [7, 11) is -3.25. The van der Waals surface area contributed by atoms with E-state index in [0.29, 0.717) is 0 Å². The number of urea groups is 1. The Bertz CT molecular complexity index is 729. The Morgan fingerprint density at radius 3 is 2.57 bits per heavy atom. The summed E-state index contributed by atoms with van der Waals surface area (Å²) in [5.41, 5.74) is 0.222. The molecule has 2 amide bonds. The van der Waals surface area contributed by atoms with Gasteiger partial charge in [0.25, 0.3) is 0 Å². The minimum atomic E-state index is -3.25. The molecule has 0 aliphatic carbocycles. The first-order valence-electron chi connectivity index (χ1n) is 5.78. The van der Waals surface area contributed by atoms with Crippen LogP contribution >= 0.6 is 11.6 Å². The van der Waals surface area contributed by atoms with Crippen molar-refractivity contribution in [2.75, 3.05) is 11.1 Å². The van der Waals surface area contributed by atoms with Gasteiger partial charge < -0.3 is 15.7 Å². The number of hydrogen-bond donors (Lipinski definition) is 3. The molecule has 1 atom stereocenters. The van der Waals surface area contributed by atoms with Crippen LogP contribution in [0, 0.1) is 0 Å². The lowest BCUT2D eigenvalue weighted by molar-refractivity contribution is 0.0697. The predicted molar refractivity (Wildman–Crippen MR) is 77.3 cm³/mol. The first kappa shape index (κ1) is 15.3. The summed E-state index contributed by atoms with van der Waals surface area (Å²) in [5.74, 6) is -1.32. The number of carbonyl (C=O) groups is 2. The number of carbonyl (C=O) groups excluding carboxylic acids is 1. The second-order valence-corrected chi connectivity index (χ2v) is 6.70. The maximum atomic E-state index is 11.7. The molecule has 1 unspecified atom stereocenters. The highest BCUT2D eigenvalue weighted by molar-refractivity contribution is 7.94. The lowest BCUT2D eigenvalue weighted by atomic mass is 10.2. The van der Waals surface area contributed by atoms with Crippen molar-refractivity contribution in [3.63, 3.8) is 0 Å². The van der Waals surface area contributed by atoms with Gasteiger partial charge in [0.1, 0.15) is 0 Å². The van der Waals surface area contributed by atoms with Gasteiger partial charge in [-0.1, -0.05) is 11.6 Å². The van der Waals surface area contributed by atoms with E-state index in [4.69, 9.17) is 16.7 Å². The number of hydrogen-bond acceptors (Lipinski definition) is 4. The normalized spacial score (nSPS) is 19.2. The van der Waals surface area contributed by atoms with Gasteiger partial charge in [0.05, 0.1) is 28.1 Å². The molecule has 21 heavy (non-hydrogen) atoms. The molecule has 1 aliphatic heterocycles. The number of benzene rings is 1. The molecular weight excluding hydrogens is 320 g/mol. The van der Waals surface area contributed by atoms with Crippen molar-refractivity contribution >= 4 is 39.1 Å². The number of amides is 2. The molecule has 2 rings (SSSR count). The summed E-state index contributed by atoms with van der Waals surface area (Å²) >= 11 is 5.86. The second kappa shape index (κ2) is 5.74. The van der Waals surface area contributed by atoms with Crippen LogP contribution in [0.3, 0.4) is 0 Å². The van der Waals surface area contributed by atoms with Gasteiger partial charge in [-0.2, -0.15) is 0 Å². The number of aromatic carboxylic acids is 1. The van der Waals surface area contributed by atoms with Crippen molar-refractivity contribution in [3.05, 3.63) is 40.3 Å². The molecular formula is C12H11ClN2O5S. The Kier molecular flexibility index (Phi) is 4.19. The summed E-state index contributed by atoms with van der Waals surface area (Å²) in [6.07, 6.45) is 1.38. The molecule has 112 valence electrons. The number of rotatable bonds is 3. The van der Waals surface area contributed by atoms with Crippen LogP contribution in [-0.2, 0) is 9.84 Å². The zero-order chi connectivity index (χ0) is 15.6. The van der Waals surface area contributed by atoms with Crippen molar-refractivity contribution in [1.82, 2.24) is 5.32 Å². The molecule has 0 aromatic heterocycles. The highest BCUT2D eigenvalue weighted by Gasteiger charge is 2.23. The number of anilines is 1. The average Bonchev–Trinajstić information content (AvgIpc) is 2.70. The van der Waals surface area contributed by atoms with Crippen LogP contribution in [0.15, 0.2) is 29.7 Å². The van der Waals surface area contributed by atoms with Gasteiger partial charge in [-0.05, 0) is 24.3 Å². The summed E-state index contributed by atoms with van der Waals surface area (Å²) in [5, 5.41) is 14.8. The fraction of sp³-hybridized carbons (Fsp3) is 0.167. The van der Waals surface area contributed by atoms with Gasteiger partial charge in [0.15, 0.2) is 9.84 Å². The van der Waals surface area contributed by atoms with Crippen molar-refractivity contribution in [2.45, 2.75) is 6.04 Å². The van der Waals surface area contributed by atoms with E-state index in [1.54, 1.807) is 0 Å². The van der Waals surface area contributed by atoms with Crippen LogP contribution in [-0.4, -0.2) is 37.3 Å². The third kappa shape index (κ3) is 3.96. The number of sulfone groups is 1. The van der Waals surface area contributed by atoms with Gasteiger partial charge >= 0.3 is 12.0 Å². The van der Waals surface area contributed by atoms with E-state index in [1.165, 1.54) is 24.3 Å². The van der Waals surface area contributed by atoms with E-state index in [2.05, 4.69) is 10.6 Å². The third-order valence-electron chi connectivity index (χ3n) is 2.71. The summed E-state index contributed by atoms with van der Waals surface area (Å²) < 4.78 is 22.4. The minimum Gasteiger partial charge on any atom is -0.478 e. The summed E-state index contributed by atoms with van der Waals surface area (Å²) in [6, 6.07) is 2.62. The maximum absolute atomic E-state index is 11.7.